The summed E-state index contributed by atoms with van der Waals surface area (Å²) in [6.45, 7) is 18.0. The van der Waals surface area contributed by atoms with Crippen molar-refractivity contribution >= 4 is 59.6 Å². The van der Waals surface area contributed by atoms with Gasteiger partial charge in [-0.2, -0.15) is 23.5 Å². The van der Waals surface area contributed by atoms with Gasteiger partial charge in [-0.3, -0.25) is 0 Å². The summed E-state index contributed by atoms with van der Waals surface area (Å²) in [7, 11) is 0. The van der Waals surface area contributed by atoms with Crippen LogP contribution in [0.15, 0.2) is 65.0 Å². The molecule has 0 aliphatic heterocycles. The first-order chi connectivity index (χ1) is 33.5. The predicted molar refractivity (Wildman–Crippen MR) is 270 cm³/mol. The molecule has 0 saturated carbocycles. The van der Waals surface area contributed by atoms with Crippen molar-refractivity contribution in [3.8, 4) is 0 Å². The Hall–Kier alpha value is -5.51. The number of carbonyl (C=O) groups excluding carboxylic acids is 6. The molecule has 0 aliphatic carbocycles. The Kier molecular flexibility index (Phi) is 32.5. The highest BCUT2D eigenvalue weighted by Gasteiger charge is 2.32. The second-order valence-corrected chi connectivity index (χ2v) is 19.1. The summed E-state index contributed by atoms with van der Waals surface area (Å²) in [5.74, 6) is 0.565. The Labute approximate surface area is 419 Å². The minimum Gasteiger partial charge on any atom is -0.460 e. The standard InChI is InChI=1S/C48H75N5O15S2/c1-8-38(54)65-34-47(6,35-66-39(55)9-2)49-42(58)63-28-20-16-14-13-15-18-22-30-69-32-24-26-52-44(60)51(12-5)45(61)53(46(52)62)27-25-33-70-31-23-19-17-21-29-64-43(59)50-48(7,36-67-40(56)10-3)37-68-41(57)11-4/h8-11H,1-4,12-37H2,5-7H3,(H,49,58)(H,50,59). The first-order valence-electron chi connectivity index (χ1n) is 23.6. The Bertz CT molecular complexity index is 1980. The molecule has 1 heterocycles. The lowest BCUT2D eigenvalue weighted by molar-refractivity contribution is -0.146. The van der Waals surface area contributed by atoms with Crippen molar-refractivity contribution in [1.29, 1.82) is 0 Å². The Morgan fingerprint density at radius 1 is 0.457 bits per heavy atom. The molecule has 1 aromatic heterocycles. The van der Waals surface area contributed by atoms with Gasteiger partial charge in [0.1, 0.15) is 37.5 Å². The zero-order valence-electron chi connectivity index (χ0n) is 41.3. The quantitative estimate of drug-likeness (QED) is 0.0351. The van der Waals surface area contributed by atoms with Gasteiger partial charge in [0.2, 0.25) is 0 Å². The number of hydrogen-bond acceptors (Lipinski definition) is 17. The molecule has 0 bridgehead atoms. The maximum Gasteiger partial charge on any atom is 0.407 e. The molecule has 0 aromatic carbocycles. The van der Waals surface area contributed by atoms with E-state index in [1.54, 1.807) is 37.4 Å². The van der Waals surface area contributed by atoms with Crippen LogP contribution in [-0.4, -0.2) is 123 Å². The highest BCUT2D eigenvalue weighted by molar-refractivity contribution is 7.99. The summed E-state index contributed by atoms with van der Waals surface area (Å²) in [6, 6.07) is 0. The van der Waals surface area contributed by atoms with E-state index in [1.807, 2.05) is 0 Å². The SMILES string of the molecule is C=CC(=O)OCC(C)(COC(=O)C=C)NC(=O)OCCCCCCCCCSCCCn1c(=O)n(CC)c(=O)n(CCCSCCCCCCOC(=O)NC(C)(COC(=O)C=C)COC(=O)C=C)c1=O. The molecule has 394 valence electrons. The molecule has 0 atom stereocenters. The summed E-state index contributed by atoms with van der Waals surface area (Å²) >= 11 is 3.49. The van der Waals surface area contributed by atoms with Crippen molar-refractivity contribution in [2.24, 2.45) is 0 Å². The molecular formula is C48H75N5O15S2. The normalized spacial score (nSPS) is 11.1. The molecule has 0 radical (unpaired) electrons. The largest absolute Gasteiger partial charge is 0.460 e. The monoisotopic (exact) mass is 1030 g/mol. The summed E-state index contributed by atoms with van der Waals surface area (Å²) in [5.41, 5.74) is -4.20. The zero-order chi connectivity index (χ0) is 52.2. The fourth-order valence-corrected chi connectivity index (χ4v) is 8.21. The van der Waals surface area contributed by atoms with E-state index in [0.717, 1.165) is 110 Å². The number of hydrogen-bond donors (Lipinski definition) is 2. The van der Waals surface area contributed by atoms with Crippen LogP contribution in [0.4, 0.5) is 9.59 Å². The highest BCUT2D eigenvalue weighted by atomic mass is 32.2. The van der Waals surface area contributed by atoms with Gasteiger partial charge in [-0.25, -0.2) is 56.9 Å². The smallest absolute Gasteiger partial charge is 0.407 e. The molecule has 0 unspecified atom stereocenters. The van der Waals surface area contributed by atoms with Crippen molar-refractivity contribution in [3.05, 3.63) is 82.1 Å². The molecular weight excluding hydrogens is 951 g/mol. The Morgan fingerprint density at radius 3 is 1.06 bits per heavy atom. The van der Waals surface area contributed by atoms with Crippen molar-refractivity contribution in [2.45, 2.75) is 135 Å². The topological polar surface area (TPSA) is 248 Å². The van der Waals surface area contributed by atoms with Gasteiger partial charge in [0.05, 0.1) is 13.2 Å². The lowest BCUT2D eigenvalue weighted by Gasteiger charge is -2.29. The molecule has 70 heavy (non-hydrogen) atoms. The van der Waals surface area contributed by atoms with Crippen molar-refractivity contribution in [3.63, 3.8) is 0 Å². The van der Waals surface area contributed by atoms with Gasteiger partial charge in [0, 0.05) is 43.9 Å². The minimum absolute atomic E-state index is 0.164. The molecule has 0 saturated heterocycles. The van der Waals surface area contributed by atoms with Crippen molar-refractivity contribution in [1.82, 2.24) is 24.3 Å². The Balaban J connectivity index is 2.31. The number of aromatic nitrogens is 3. The van der Waals surface area contributed by atoms with Gasteiger partial charge in [-0.1, -0.05) is 71.3 Å². The molecule has 1 aromatic rings. The number of nitrogens with one attached hydrogen (secondary N) is 2. The van der Waals surface area contributed by atoms with Gasteiger partial charge >= 0.3 is 53.1 Å². The maximum absolute atomic E-state index is 13.3. The second kappa shape index (κ2) is 36.4. The number of alkyl carbamates (subject to hydrolysis) is 2. The van der Waals surface area contributed by atoms with E-state index in [-0.39, 0.29) is 59.3 Å². The van der Waals surface area contributed by atoms with E-state index in [1.165, 1.54) is 16.1 Å². The van der Waals surface area contributed by atoms with Crippen molar-refractivity contribution in [2.75, 3.05) is 62.7 Å². The van der Waals surface area contributed by atoms with Crippen LogP contribution in [-0.2, 0) is 67.2 Å². The molecule has 2 N–H and O–H groups in total. The number of ether oxygens (including phenoxy) is 6. The average Bonchev–Trinajstić information content (AvgIpc) is 3.34. The number of amides is 2. The van der Waals surface area contributed by atoms with Crippen LogP contribution in [0.3, 0.4) is 0 Å². The van der Waals surface area contributed by atoms with E-state index in [4.69, 9.17) is 28.4 Å². The number of nitrogens with zero attached hydrogens (tertiary/aromatic N) is 3. The summed E-state index contributed by atoms with van der Waals surface area (Å²) < 4.78 is 34.1. The third-order valence-electron chi connectivity index (χ3n) is 10.2. The molecule has 2 amide bonds. The highest BCUT2D eigenvalue weighted by Crippen LogP contribution is 2.14. The molecule has 22 heteroatoms. The van der Waals surface area contributed by atoms with Crippen LogP contribution in [0.2, 0.25) is 0 Å². The van der Waals surface area contributed by atoms with Crippen LogP contribution in [0.25, 0.3) is 0 Å². The molecule has 1 rings (SSSR count). The summed E-state index contributed by atoms with van der Waals surface area (Å²) in [4.78, 5) is 110. The summed E-state index contributed by atoms with van der Waals surface area (Å²) in [6.07, 6.45) is 13.7. The van der Waals surface area contributed by atoms with E-state index in [2.05, 4.69) is 36.9 Å². The predicted octanol–water partition coefficient (Wildman–Crippen LogP) is 5.62. The molecule has 0 aliphatic rings. The van der Waals surface area contributed by atoms with Gasteiger partial charge in [-0.15, -0.1) is 0 Å². The van der Waals surface area contributed by atoms with Crippen LogP contribution < -0.4 is 27.7 Å². The first-order valence-corrected chi connectivity index (χ1v) is 26.0. The fourth-order valence-electron chi connectivity index (χ4n) is 6.32. The van der Waals surface area contributed by atoms with E-state index < -0.39 is 64.2 Å². The van der Waals surface area contributed by atoms with Crippen LogP contribution in [0.1, 0.15) is 104 Å². The van der Waals surface area contributed by atoms with Crippen LogP contribution in [0.5, 0.6) is 0 Å². The van der Waals surface area contributed by atoms with Crippen LogP contribution >= 0.6 is 23.5 Å². The summed E-state index contributed by atoms with van der Waals surface area (Å²) in [5, 5.41) is 5.18. The average molecular weight is 1030 g/mol. The number of thioether (sulfide) groups is 2. The number of esters is 4. The van der Waals surface area contributed by atoms with Gasteiger partial charge < -0.3 is 39.1 Å². The maximum atomic E-state index is 13.3. The lowest BCUT2D eigenvalue weighted by atomic mass is 10.1. The van der Waals surface area contributed by atoms with E-state index in [9.17, 15) is 43.2 Å². The third-order valence-corrected chi connectivity index (χ3v) is 12.5. The van der Waals surface area contributed by atoms with Gasteiger partial charge in [-0.05, 0) is 82.3 Å². The van der Waals surface area contributed by atoms with Gasteiger partial charge in [0.15, 0.2) is 0 Å². The number of carbonyl (C=O) groups is 6. The number of rotatable bonds is 40. The Morgan fingerprint density at radius 2 is 0.743 bits per heavy atom. The minimum atomic E-state index is -1.24. The lowest BCUT2D eigenvalue weighted by Crippen LogP contribution is -2.54. The van der Waals surface area contributed by atoms with Crippen molar-refractivity contribution < 1.29 is 57.2 Å². The number of unbranched alkanes of at least 4 members (excludes halogenated alkanes) is 9. The van der Waals surface area contributed by atoms with E-state index >= 15 is 0 Å². The second-order valence-electron chi connectivity index (χ2n) is 16.6. The fraction of sp³-hybridized carbons (Fsp3) is 0.646. The molecule has 0 fully saturated rings. The van der Waals surface area contributed by atoms with E-state index in [0.29, 0.717) is 25.7 Å². The zero-order valence-corrected chi connectivity index (χ0v) is 42.9. The first kappa shape index (κ1) is 62.5. The molecule has 0 spiro atoms. The van der Waals surface area contributed by atoms with Crippen LogP contribution in [0, 0.1) is 0 Å². The molecule has 20 nitrogen and oxygen atoms in total. The third kappa shape index (κ3) is 27.0. The van der Waals surface area contributed by atoms with Gasteiger partial charge in [0.25, 0.3) is 0 Å².